The predicted octanol–water partition coefficient (Wildman–Crippen LogP) is 2.84. The van der Waals surface area contributed by atoms with E-state index in [9.17, 15) is 0 Å². The molecule has 0 aromatic heterocycles. The van der Waals surface area contributed by atoms with Gasteiger partial charge in [-0.1, -0.05) is 18.2 Å². The molecular weight excluding hydrogens is 164 g/mol. The molecule has 2 rings (SSSR count). The number of benzene rings is 1. The second-order valence-corrected chi connectivity index (χ2v) is 2.66. The number of hydrogen-bond donors (Lipinski definition) is 0. The van der Waals surface area contributed by atoms with Gasteiger partial charge in [-0.25, -0.2) is 0 Å². The summed E-state index contributed by atoms with van der Waals surface area (Å²) in [5, 5.41) is 0. The largest absolute Gasteiger partial charge is 0.435 e. The maximum atomic E-state index is 5.44. The van der Waals surface area contributed by atoms with Crippen LogP contribution in [-0.2, 0) is 4.74 Å². The third-order valence-corrected chi connectivity index (χ3v) is 1.66. The average Bonchev–Trinajstić information content (AvgIpc) is 2.21. The van der Waals surface area contributed by atoms with Crippen LogP contribution in [0.3, 0.4) is 0 Å². The number of para-hydroxylation sites is 1. The highest BCUT2D eigenvalue weighted by Gasteiger charge is 2.01. The van der Waals surface area contributed by atoms with Crippen molar-refractivity contribution in [2.45, 2.75) is 6.42 Å². The van der Waals surface area contributed by atoms with Crippen molar-refractivity contribution in [3.63, 3.8) is 0 Å². The Balaban J connectivity index is 2.02. The Bertz CT molecular complexity index is 325. The Labute approximate surface area is 77.1 Å². The van der Waals surface area contributed by atoms with Crippen LogP contribution in [0.2, 0.25) is 0 Å². The highest BCUT2D eigenvalue weighted by atomic mass is 16.7. The molecule has 0 saturated heterocycles. The lowest BCUT2D eigenvalue weighted by Crippen LogP contribution is -1.98. The van der Waals surface area contributed by atoms with Crippen LogP contribution in [0.25, 0.3) is 0 Å². The summed E-state index contributed by atoms with van der Waals surface area (Å²) in [7, 11) is 0. The van der Waals surface area contributed by atoms with Gasteiger partial charge in [-0.2, -0.15) is 0 Å². The molecule has 13 heavy (non-hydrogen) atoms. The quantitative estimate of drug-likeness (QED) is 0.686. The van der Waals surface area contributed by atoms with Gasteiger partial charge >= 0.3 is 0 Å². The molecule has 1 aliphatic rings. The first-order valence-corrected chi connectivity index (χ1v) is 4.20. The van der Waals surface area contributed by atoms with Crippen LogP contribution in [0.4, 0.5) is 0 Å². The van der Waals surface area contributed by atoms with Gasteiger partial charge in [-0.15, -0.1) is 0 Å². The molecule has 1 heterocycles. The van der Waals surface area contributed by atoms with E-state index in [-0.39, 0.29) is 0 Å². The van der Waals surface area contributed by atoms with E-state index >= 15 is 0 Å². The second-order valence-electron chi connectivity index (χ2n) is 2.66. The maximum absolute atomic E-state index is 5.44. The van der Waals surface area contributed by atoms with E-state index in [1.165, 1.54) is 0 Å². The molecular formula is C11H10O2. The highest BCUT2D eigenvalue weighted by molar-refractivity contribution is 5.23. The number of hydrogen-bond acceptors (Lipinski definition) is 2. The van der Waals surface area contributed by atoms with Gasteiger partial charge in [0, 0.05) is 6.08 Å². The summed E-state index contributed by atoms with van der Waals surface area (Å²) < 4.78 is 10.6. The second kappa shape index (κ2) is 3.81. The van der Waals surface area contributed by atoms with Crippen LogP contribution in [0.1, 0.15) is 6.42 Å². The minimum absolute atomic E-state index is 0.550. The van der Waals surface area contributed by atoms with Gasteiger partial charge < -0.3 is 9.47 Å². The zero-order chi connectivity index (χ0) is 8.93. The van der Waals surface area contributed by atoms with Crippen molar-refractivity contribution in [3.05, 3.63) is 54.7 Å². The smallest absolute Gasteiger partial charge is 0.285 e. The Hall–Kier alpha value is -1.70. The molecule has 0 saturated carbocycles. The lowest BCUT2D eigenvalue weighted by atomic mass is 10.3. The summed E-state index contributed by atoms with van der Waals surface area (Å²) in [6.45, 7) is 0. The van der Waals surface area contributed by atoms with Crippen molar-refractivity contribution >= 4 is 0 Å². The van der Waals surface area contributed by atoms with E-state index in [1.807, 2.05) is 42.5 Å². The summed E-state index contributed by atoms with van der Waals surface area (Å²) >= 11 is 0. The van der Waals surface area contributed by atoms with Crippen LogP contribution in [0.5, 0.6) is 5.75 Å². The Morgan fingerprint density at radius 1 is 1.15 bits per heavy atom. The van der Waals surface area contributed by atoms with Crippen LogP contribution < -0.4 is 4.74 Å². The van der Waals surface area contributed by atoms with Gasteiger partial charge in [-0.05, 0) is 24.6 Å². The summed E-state index contributed by atoms with van der Waals surface area (Å²) in [6, 6.07) is 9.58. The molecule has 2 heteroatoms. The van der Waals surface area contributed by atoms with Gasteiger partial charge in [0.15, 0.2) is 0 Å². The monoisotopic (exact) mass is 174 g/mol. The Kier molecular flexibility index (Phi) is 2.32. The minimum Gasteiger partial charge on any atom is -0.435 e. The van der Waals surface area contributed by atoms with Gasteiger partial charge in [-0.3, -0.25) is 0 Å². The average molecular weight is 174 g/mol. The van der Waals surface area contributed by atoms with Crippen molar-refractivity contribution in [2.75, 3.05) is 0 Å². The first kappa shape index (κ1) is 7.92. The fourth-order valence-corrected chi connectivity index (χ4v) is 1.05. The van der Waals surface area contributed by atoms with Gasteiger partial charge in [0.05, 0.1) is 6.26 Å². The van der Waals surface area contributed by atoms with E-state index < -0.39 is 0 Å². The first-order chi connectivity index (χ1) is 6.45. The third kappa shape index (κ3) is 2.12. The molecule has 0 atom stereocenters. The molecule has 0 amide bonds. The van der Waals surface area contributed by atoms with Crippen molar-refractivity contribution in [3.8, 4) is 5.75 Å². The SMILES string of the molecule is C1=COC(Oc2ccccc2)=CC1. The maximum Gasteiger partial charge on any atom is 0.285 e. The zero-order valence-corrected chi connectivity index (χ0v) is 7.14. The first-order valence-electron chi connectivity index (χ1n) is 4.20. The van der Waals surface area contributed by atoms with Gasteiger partial charge in [0.25, 0.3) is 5.95 Å². The summed E-state index contributed by atoms with van der Waals surface area (Å²) in [4.78, 5) is 0. The van der Waals surface area contributed by atoms with E-state index in [2.05, 4.69) is 0 Å². The van der Waals surface area contributed by atoms with Crippen molar-refractivity contribution < 1.29 is 9.47 Å². The molecule has 0 radical (unpaired) electrons. The van der Waals surface area contributed by atoms with Crippen molar-refractivity contribution in [1.82, 2.24) is 0 Å². The summed E-state index contributed by atoms with van der Waals surface area (Å²) in [5.41, 5.74) is 0. The van der Waals surface area contributed by atoms with Gasteiger partial charge in [0.1, 0.15) is 5.75 Å². The van der Waals surface area contributed by atoms with E-state index in [0.29, 0.717) is 5.95 Å². The van der Waals surface area contributed by atoms with Crippen molar-refractivity contribution in [1.29, 1.82) is 0 Å². The van der Waals surface area contributed by atoms with Crippen molar-refractivity contribution in [2.24, 2.45) is 0 Å². The molecule has 0 N–H and O–H groups in total. The van der Waals surface area contributed by atoms with E-state index in [0.717, 1.165) is 12.2 Å². The standard InChI is InChI=1S/C11H10O2/c1-2-6-10(7-3-1)13-11-8-4-5-9-12-11/h1-3,5-9H,4H2. The molecule has 0 bridgehead atoms. The molecule has 0 spiro atoms. The Morgan fingerprint density at radius 3 is 2.69 bits per heavy atom. The molecule has 0 fully saturated rings. The van der Waals surface area contributed by atoms with Gasteiger partial charge in [0.2, 0.25) is 0 Å². The lowest BCUT2D eigenvalue weighted by Gasteiger charge is -2.10. The number of allylic oxidation sites excluding steroid dienone is 2. The van der Waals surface area contributed by atoms with Crippen LogP contribution >= 0.6 is 0 Å². The fraction of sp³-hybridized carbons (Fsp3) is 0.0909. The molecule has 1 aromatic carbocycles. The molecule has 0 aliphatic carbocycles. The predicted molar refractivity (Wildman–Crippen MR) is 50.0 cm³/mol. The van der Waals surface area contributed by atoms with E-state index in [1.54, 1.807) is 6.26 Å². The summed E-state index contributed by atoms with van der Waals surface area (Å²) in [5.74, 6) is 1.35. The molecule has 0 unspecified atom stereocenters. The normalized spacial score (nSPS) is 14.6. The number of rotatable bonds is 2. The van der Waals surface area contributed by atoms with Crippen LogP contribution in [0.15, 0.2) is 54.7 Å². The lowest BCUT2D eigenvalue weighted by molar-refractivity contribution is 0.178. The topological polar surface area (TPSA) is 18.5 Å². The molecule has 1 aliphatic heterocycles. The highest BCUT2D eigenvalue weighted by Crippen LogP contribution is 2.15. The summed E-state index contributed by atoms with van der Waals surface area (Å²) in [6.07, 6.45) is 6.32. The fourth-order valence-electron chi connectivity index (χ4n) is 1.05. The molecule has 66 valence electrons. The molecule has 1 aromatic rings. The van der Waals surface area contributed by atoms with E-state index in [4.69, 9.17) is 9.47 Å². The number of ether oxygens (including phenoxy) is 2. The Morgan fingerprint density at radius 2 is 2.00 bits per heavy atom. The molecule has 2 nitrogen and oxygen atoms in total. The van der Waals surface area contributed by atoms with Crippen LogP contribution in [-0.4, -0.2) is 0 Å². The zero-order valence-electron chi connectivity index (χ0n) is 7.14. The van der Waals surface area contributed by atoms with Crippen LogP contribution in [0, 0.1) is 0 Å². The minimum atomic E-state index is 0.550. The third-order valence-electron chi connectivity index (χ3n) is 1.66.